The molecule has 0 aliphatic carbocycles. The van der Waals surface area contributed by atoms with Crippen molar-refractivity contribution in [2.45, 2.75) is 0 Å². The molecule has 3 aromatic carbocycles. The van der Waals surface area contributed by atoms with Gasteiger partial charge in [-0.2, -0.15) is 0 Å². The lowest BCUT2D eigenvalue weighted by Gasteiger charge is -2.07. The molecule has 0 atom stereocenters. The van der Waals surface area contributed by atoms with Crippen LogP contribution in [0.25, 0.3) is 21.2 Å². The van der Waals surface area contributed by atoms with Crippen LogP contribution < -0.4 is 9.47 Å². The van der Waals surface area contributed by atoms with E-state index in [1.54, 1.807) is 12.1 Å². The normalized spacial score (nSPS) is 12.5. The Kier molecular flexibility index (Phi) is 3.88. The largest absolute Gasteiger partial charge is 0.454 e. The number of rotatable bonds is 3. The summed E-state index contributed by atoms with van der Waals surface area (Å²) in [5, 5.41) is 1.49. The lowest BCUT2D eigenvalue weighted by Crippen LogP contribution is -2.01. The van der Waals surface area contributed by atoms with E-state index >= 15 is 0 Å². The van der Waals surface area contributed by atoms with Gasteiger partial charge in [0, 0.05) is 21.2 Å². The maximum absolute atomic E-state index is 13.3. The summed E-state index contributed by atoms with van der Waals surface area (Å²) >= 11 is 7.77. The molecular formula is C22H13ClO3S. The molecule has 0 radical (unpaired) electrons. The highest BCUT2D eigenvalue weighted by Gasteiger charge is 2.24. The first-order chi connectivity index (χ1) is 13.2. The fraction of sp³-hybridized carbons (Fsp3) is 0.0455. The number of ketones is 1. The average molecular weight is 393 g/mol. The Bertz CT molecular complexity index is 1200. The Morgan fingerprint density at radius 2 is 1.70 bits per heavy atom. The smallest absolute Gasteiger partial charge is 0.231 e. The van der Waals surface area contributed by atoms with Crippen LogP contribution in [0.5, 0.6) is 11.5 Å². The van der Waals surface area contributed by atoms with Gasteiger partial charge in [0.2, 0.25) is 12.6 Å². The number of benzene rings is 3. The summed E-state index contributed by atoms with van der Waals surface area (Å²) in [6.07, 6.45) is 0. The third kappa shape index (κ3) is 2.69. The molecule has 0 fully saturated rings. The Hall–Kier alpha value is -2.82. The standard InChI is InChI=1S/C22H13ClO3S/c23-16-7-3-1-5-14(16)21(24)22-20(15-6-2-4-8-19(15)27-22)13-9-10-17-18(11-13)26-12-25-17/h1-11H,12H2. The highest BCUT2D eigenvalue weighted by molar-refractivity contribution is 7.21. The van der Waals surface area contributed by atoms with Gasteiger partial charge in [0.25, 0.3) is 0 Å². The molecule has 1 aliphatic rings. The first-order valence-electron chi connectivity index (χ1n) is 8.43. The summed E-state index contributed by atoms with van der Waals surface area (Å²) in [5.41, 5.74) is 2.33. The van der Waals surface area contributed by atoms with Gasteiger partial charge in [-0.25, -0.2) is 0 Å². The van der Waals surface area contributed by atoms with Crippen molar-refractivity contribution >= 4 is 38.8 Å². The summed E-state index contributed by atoms with van der Waals surface area (Å²) < 4.78 is 12.0. The van der Waals surface area contributed by atoms with Crippen molar-refractivity contribution in [3.63, 3.8) is 0 Å². The van der Waals surface area contributed by atoms with Gasteiger partial charge in [0.05, 0.1) is 9.90 Å². The van der Waals surface area contributed by atoms with Gasteiger partial charge in [0.1, 0.15) is 0 Å². The minimum absolute atomic E-state index is 0.0746. The number of thiophene rings is 1. The molecule has 0 saturated carbocycles. The molecule has 0 bridgehead atoms. The van der Waals surface area contributed by atoms with E-state index in [2.05, 4.69) is 0 Å². The average Bonchev–Trinajstić information content (AvgIpc) is 3.31. The topological polar surface area (TPSA) is 35.5 Å². The molecule has 0 saturated heterocycles. The molecule has 0 amide bonds. The van der Waals surface area contributed by atoms with Crippen LogP contribution in [0, 0.1) is 0 Å². The van der Waals surface area contributed by atoms with Crippen molar-refractivity contribution in [1.29, 1.82) is 0 Å². The van der Waals surface area contributed by atoms with Gasteiger partial charge >= 0.3 is 0 Å². The van der Waals surface area contributed by atoms with Gasteiger partial charge in [-0.3, -0.25) is 4.79 Å². The van der Waals surface area contributed by atoms with Crippen LogP contribution in [-0.4, -0.2) is 12.6 Å². The van der Waals surface area contributed by atoms with E-state index in [9.17, 15) is 4.79 Å². The molecule has 5 heteroatoms. The predicted molar refractivity (Wildman–Crippen MR) is 108 cm³/mol. The molecule has 1 aliphatic heterocycles. The fourth-order valence-electron chi connectivity index (χ4n) is 3.31. The number of hydrogen-bond acceptors (Lipinski definition) is 4. The summed E-state index contributed by atoms with van der Waals surface area (Å²) in [5.74, 6) is 1.34. The zero-order chi connectivity index (χ0) is 18.4. The van der Waals surface area contributed by atoms with E-state index in [4.69, 9.17) is 21.1 Å². The molecule has 2 heterocycles. The highest BCUT2D eigenvalue weighted by atomic mass is 35.5. The SMILES string of the molecule is O=C(c1ccccc1Cl)c1sc2ccccc2c1-c1ccc2c(c1)OCO2. The molecule has 0 unspecified atom stereocenters. The van der Waals surface area contributed by atoms with Crippen molar-refractivity contribution < 1.29 is 14.3 Å². The minimum Gasteiger partial charge on any atom is -0.454 e. The molecule has 27 heavy (non-hydrogen) atoms. The number of ether oxygens (including phenoxy) is 2. The van der Waals surface area contributed by atoms with Crippen LogP contribution in [0.3, 0.4) is 0 Å². The van der Waals surface area contributed by atoms with Crippen molar-refractivity contribution in [2.75, 3.05) is 6.79 Å². The van der Waals surface area contributed by atoms with Crippen LogP contribution in [0.15, 0.2) is 66.7 Å². The lowest BCUT2D eigenvalue weighted by atomic mass is 9.98. The quantitative estimate of drug-likeness (QED) is 0.390. The van der Waals surface area contributed by atoms with Crippen molar-refractivity contribution in [3.8, 4) is 22.6 Å². The van der Waals surface area contributed by atoms with Gasteiger partial charge in [0.15, 0.2) is 11.5 Å². The van der Waals surface area contributed by atoms with Crippen molar-refractivity contribution in [1.82, 2.24) is 0 Å². The van der Waals surface area contributed by atoms with Gasteiger partial charge < -0.3 is 9.47 Å². The van der Waals surface area contributed by atoms with Gasteiger partial charge in [-0.15, -0.1) is 11.3 Å². The molecule has 5 rings (SSSR count). The highest BCUT2D eigenvalue weighted by Crippen LogP contribution is 2.43. The monoisotopic (exact) mass is 392 g/mol. The van der Waals surface area contributed by atoms with Crippen molar-refractivity contribution in [3.05, 3.63) is 82.2 Å². The number of halogens is 1. The van der Waals surface area contributed by atoms with E-state index in [0.717, 1.165) is 27.0 Å². The maximum atomic E-state index is 13.3. The number of fused-ring (bicyclic) bond motifs is 2. The second-order valence-corrected chi connectivity index (χ2v) is 7.64. The second kappa shape index (κ2) is 6.41. The Balaban J connectivity index is 1.75. The Labute approximate surface area is 164 Å². The summed E-state index contributed by atoms with van der Waals surface area (Å²) in [6.45, 7) is 0.217. The number of carbonyl (C=O) groups is 1. The number of hydrogen-bond donors (Lipinski definition) is 0. The van der Waals surface area contributed by atoms with Gasteiger partial charge in [-0.05, 0) is 35.9 Å². The van der Waals surface area contributed by atoms with Crippen LogP contribution in [0.2, 0.25) is 5.02 Å². The van der Waals surface area contributed by atoms with E-state index < -0.39 is 0 Å². The molecular weight excluding hydrogens is 380 g/mol. The predicted octanol–water partition coefficient (Wildman–Crippen LogP) is 6.18. The first kappa shape index (κ1) is 16.4. The van der Waals surface area contributed by atoms with E-state index in [0.29, 0.717) is 21.2 Å². The van der Waals surface area contributed by atoms with Crippen LogP contribution in [0.4, 0.5) is 0 Å². The first-order valence-corrected chi connectivity index (χ1v) is 9.62. The molecule has 1 aromatic heterocycles. The summed E-state index contributed by atoms with van der Waals surface area (Å²) in [7, 11) is 0. The van der Waals surface area contributed by atoms with Crippen LogP contribution in [-0.2, 0) is 0 Å². The lowest BCUT2D eigenvalue weighted by molar-refractivity contribution is 0.104. The Morgan fingerprint density at radius 3 is 2.59 bits per heavy atom. The van der Waals surface area contributed by atoms with E-state index in [-0.39, 0.29) is 12.6 Å². The van der Waals surface area contributed by atoms with E-state index in [1.165, 1.54) is 11.3 Å². The summed E-state index contributed by atoms with van der Waals surface area (Å²) in [4.78, 5) is 14.0. The maximum Gasteiger partial charge on any atom is 0.231 e. The minimum atomic E-state index is -0.0746. The van der Waals surface area contributed by atoms with E-state index in [1.807, 2.05) is 54.6 Å². The zero-order valence-corrected chi connectivity index (χ0v) is 15.6. The molecule has 132 valence electrons. The molecule has 3 nitrogen and oxygen atoms in total. The molecule has 0 N–H and O–H groups in total. The zero-order valence-electron chi connectivity index (χ0n) is 14.1. The van der Waals surface area contributed by atoms with Crippen molar-refractivity contribution in [2.24, 2.45) is 0 Å². The fourth-order valence-corrected chi connectivity index (χ4v) is 4.71. The summed E-state index contributed by atoms with van der Waals surface area (Å²) in [6, 6.07) is 21.0. The van der Waals surface area contributed by atoms with Crippen LogP contribution >= 0.6 is 22.9 Å². The van der Waals surface area contributed by atoms with Crippen LogP contribution in [0.1, 0.15) is 15.2 Å². The third-order valence-electron chi connectivity index (χ3n) is 4.58. The number of carbonyl (C=O) groups excluding carboxylic acids is 1. The Morgan fingerprint density at radius 1 is 0.926 bits per heavy atom. The molecule has 0 spiro atoms. The third-order valence-corrected chi connectivity index (χ3v) is 6.08. The molecule has 4 aromatic rings. The second-order valence-electron chi connectivity index (χ2n) is 6.18. The van der Waals surface area contributed by atoms with Gasteiger partial charge in [-0.1, -0.05) is 48.0 Å².